The first-order chi connectivity index (χ1) is 9.94. The Morgan fingerprint density at radius 3 is 2.29 bits per heavy atom. The monoisotopic (exact) mass is 302 g/mol. The third kappa shape index (κ3) is 3.64. The van der Waals surface area contributed by atoms with Crippen molar-refractivity contribution in [3.63, 3.8) is 0 Å². The molecule has 0 heterocycles. The Morgan fingerprint density at radius 1 is 1.10 bits per heavy atom. The number of hydrogen-bond donors (Lipinski definition) is 0. The molecule has 2 aromatic rings. The second-order valence-electron chi connectivity index (χ2n) is 5.63. The highest BCUT2D eigenvalue weighted by Gasteiger charge is 2.18. The van der Waals surface area contributed by atoms with Crippen LogP contribution in [-0.2, 0) is 5.41 Å². The Labute approximate surface area is 130 Å². The van der Waals surface area contributed by atoms with Crippen LogP contribution in [0.2, 0.25) is 5.02 Å². The van der Waals surface area contributed by atoms with Crippen LogP contribution in [0.3, 0.4) is 0 Å². The first-order valence-corrected chi connectivity index (χ1v) is 7.39. The summed E-state index contributed by atoms with van der Waals surface area (Å²) in [7, 11) is 0. The Morgan fingerprint density at radius 2 is 1.71 bits per heavy atom. The number of benzene rings is 2. The molecule has 0 N–H and O–H groups in total. The second kappa shape index (κ2) is 6.31. The molecule has 2 nitrogen and oxygen atoms in total. The molecule has 0 bridgehead atoms. The normalized spacial score (nSPS) is 11.2. The summed E-state index contributed by atoms with van der Waals surface area (Å²) in [5.41, 5.74) is 1.71. The molecule has 0 amide bonds. The Bertz CT molecular complexity index is 630. The zero-order chi connectivity index (χ0) is 15.5. The van der Waals surface area contributed by atoms with Crippen LogP contribution in [0.4, 0.5) is 0 Å². The van der Waals surface area contributed by atoms with Crippen molar-refractivity contribution in [2.45, 2.75) is 32.6 Å². The van der Waals surface area contributed by atoms with E-state index in [-0.39, 0.29) is 5.41 Å². The second-order valence-corrected chi connectivity index (χ2v) is 6.04. The van der Waals surface area contributed by atoms with E-state index in [0.29, 0.717) is 16.3 Å². The Kier molecular flexibility index (Phi) is 4.69. The average molecular weight is 303 g/mol. The lowest BCUT2D eigenvalue weighted by atomic mass is 9.82. The topological polar surface area (TPSA) is 26.3 Å². The van der Waals surface area contributed by atoms with Crippen LogP contribution < -0.4 is 4.74 Å². The van der Waals surface area contributed by atoms with E-state index < -0.39 is 5.97 Å². The van der Waals surface area contributed by atoms with Crippen molar-refractivity contribution in [3.05, 3.63) is 64.7 Å². The maximum atomic E-state index is 12.1. The Hall–Kier alpha value is -1.80. The molecule has 2 aromatic carbocycles. The molecule has 0 aromatic heterocycles. The van der Waals surface area contributed by atoms with E-state index in [0.717, 1.165) is 6.42 Å². The summed E-state index contributed by atoms with van der Waals surface area (Å²) in [4.78, 5) is 12.1. The number of rotatable bonds is 4. The molecule has 0 aliphatic rings. The van der Waals surface area contributed by atoms with Gasteiger partial charge in [-0.3, -0.25) is 0 Å². The van der Waals surface area contributed by atoms with Gasteiger partial charge in [-0.25, -0.2) is 4.79 Å². The van der Waals surface area contributed by atoms with Gasteiger partial charge in [0.25, 0.3) is 0 Å². The van der Waals surface area contributed by atoms with Crippen molar-refractivity contribution in [1.82, 2.24) is 0 Å². The van der Waals surface area contributed by atoms with Crippen molar-refractivity contribution >= 4 is 17.6 Å². The average Bonchev–Trinajstić information content (AvgIpc) is 2.48. The molecule has 0 aliphatic carbocycles. The summed E-state index contributed by atoms with van der Waals surface area (Å²) in [6, 6.07) is 14.5. The molecule has 0 radical (unpaired) electrons. The lowest BCUT2D eigenvalue weighted by Crippen LogP contribution is -2.15. The quantitative estimate of drug-likeness (QED) is 0.570. The van der Waals surface area contributed by atoms with Gasteiger partial charge in [0.1, 0.15) is 5.75 Å². The molecular formula is C18H19ClO2. The molecule has 0 aliphatic heterocycles. The third-order valence-electron chi connectivity index (χ3n) is 3.82. The zero-order valence-corrected chi connectivity index (χ0v) is 13.3. The lowest BCUT2D eigenvalue weighted by Gasteiger charge is -2.23. The minimum atomic E-state index is -0.442. The minimum absolute atomic E-state index is 0.116. The summed E-state index contributed by atoms with van der Waals surface area (Å²) >= 11 is 5.99. The summed E-state index contributed by atoms with van der Waals surface area (Å²) in [6.07, 6.45) is 1.05. The summed E-state index contributed by atoms with van der Waals surface area (Å²) in [5, 5.41) is 0.395. The molecule has 0 saturated carbocycles. The molecule has 0 atom stereocenters. The maximum Gasteiger partial charge on any atom is 0.345 e. The molecular weight excluding hydrogens is 284 g/mol. The van der Waals surface area contributed by atoms with E-state index in [1.54, 1.807) is 24.3 Å². The van der Waals surface area contributed by atoms with Gasteiger partial charge in [-0.2, -0.15) is 0 Å². The van der Waals surface area contributed by atoms with Gasteiger partial charge in [-0.05, 0) is 41.7 Å². The number of carbonyl (C=O) groups is 1. The van der Waals surface area contributed by atoms with Gasteiger partial charge in [0.15, 0.2) is 0 Å². The van der Waals surface area contributed by atoms with Crippen molar-refractivity contribution in [2.24, 2.45) is 0 Å². The fourth-order valence-electron chi connectivity index (χ4n) is 1.97. The van der Waals surface area contributed by atoms with Crippen molar-refractivity contribution in [1.29, 1.82) is 0 Å². The van der Waals surface area contributed by atoms with E-state index >= 15 is 0 Å². The van der Waals surface area contributed by atoms with Gasteiger partial charge < -0.3 is 4.74 Å². The fraction of sp³-hybridized carbons (Fsp3) is 0.278. The van der Waals surface area contributed by atoms with E-state index in [9.17, 15) is 4.79 Å². The molecule has 3 heteroatoms. The van der Waals surface area contributed by atoms with Crippen LogP contribution in [0.15, 0.2) is 48.5 Å². The molecule has 0 spiro atoms. The summed E-state index contributed by atoms with van der Waals surface area (Å²) in [5.74, 6) is 0.0821. The van der Waals surface area contributed by atoms with Crippen LogP contribution >= 0.6 is 11.6 Å². The van der Waals surface area contributed by atoms with Gasteiger partial charge in [-0.15, -0.1) is 0 Å². The zero-order valence-electron chi connectivity index (χ0n) is 12.5. The standard InChI is InChI=1S/C18H19ClO2/c1-4-18(2,3)13-9-11-14(12-10-13)21-17(20)15-7-5-6-8-16(15)19/h5-12H,4H2,1-3H3. The van der Waals surface area contributed by atoms with E-state index in [2.05, 4.69) is 20.8 Å². The van der Waals surface area contributed by atoms with Crippen LogP contribution in [-0.4, -0.2) is 5.97 Å². The predicted octanol–water partition coefficient (Wildman–Crippen LogP) is 5.25. The number of esters is 1. The fourth-order valence-corrected chi connectivity index (χ4v) is 2.18. The summed E-state index contributed by atoms with van der Waals surface area (Å²) < 4.78 is 5.36. The van der Waals surface area contributed by atoms with E-state index in [1.807, 2.05) is 24.3 Å². The first kappa shape index (κ1) is 15.6. The largest absolute Gasteiger partial charge is 0.423 e. The molecule has 0 unspecified atom stereocenters. The molecule has 0 fully saturated rings. The van der Waals surface area contributed by atoms with Crippen LogP contribution in [0, 0.1) is 0 Å². The molecule has 0 saturated heterocycles. The van der Waals surface area contributed by atoms with Gasteiger partial charge >= 0.3 is 5.97 Å². The van der Waals surface area contributed by atoms with Crippen molar-refractivity contribution < 1.29 is 9.53 Å². The highest BCUT2D eigenvalue weighted by molar-refractivity contribution is 6.33. The Balaban J connectivity index is 2.14. The highest BCUT2D eigenvalue weighted by atomic mass is 35.5. The number of halogens is 1. The summed E-state index contributed by atoms with van der Waals surface area (Å²) in [6.45, 7) is 6.54. The van der Waals surface area contributed by atoms with Crippen LogP contribution in [0.5, 0.6) is 5.75 Å². The first-order valence-electron chi connectivity index (χ1n) is 7.01. The number of hydrogen-bond acceptors (Lipinski definition) is 2. The van der Waals surface area contributed by atoms with E-state index in [1.165, 1.54) is 5.56 Å². The van der Waals surface area contributed by atoms with Gasteiger partial charge in [0.05, 0.1) is 10.6 Å². The van der Waals surface area contributed by atoms with Crippen molar-refractivity contribution in [2.75, 3.05) is 0 Å². The molecule has 21 heavy (non-hydrogen) atoms. The number of carbonyl (C=O) groups excluding carboxylic acids is 1. The van der Waals surface area contributed by atoms with Gasteiger partial charge in [-0.1, -0.05) is 56.6 Å². The third-order valence-corrected chi connectivity index (χ3v) is 4.15. The maximum absolute atomic E-state index is 12.1. The lowest BCUT2D eigenvalue weighted by molar-refractivity contribution is 0.0735. The van der Waals surface area contributed by atoms with Crippen molar-refractivity contribution in [3.8, 4) is 5.75 Å². The SMILES string of the molecule is CCC(C)(C)c1ccc(OC(=O)c2ccccc2Cl)cc1. The number of ether oxygens (including phenoxy) is 1. The van der Waals surface area contributed by atoms with Gasteiger partial charge in [0.2, 0.25) is 0 Å². The molecule has 2 rings (SSSR count). The smallest absolute Gasteiger partial charge is 0.345 e. The highest BCUT2D eigenvalue weighted by Crippen LogP contribution is 2.28. The molecule has 110 valence electrons. The van der Waals surface area contributed by atoms with Gasteiger partial charge in [0, 0.05) is 0 Å². The predicted molar refractivity (Wildman–Crippen MR) is 86.2 cm³/mol. The van der Waals surface area contributed by atoms with Crippen LogP contribution in [0.25, 0.3) is 0 Å². The van der Waals surface area contributed by atoms with Crippen LogP contribution in [0.1, 0.15) is 43.1 Å². The minimum Gasteiger partial charge on any atom is -0.423 e. The van der Waals surface area contributed by atoms with E-state index in [4.69, 9.17) is 16.3 Å².